The highest BCUT2D eigenvalue weighted by Gasteiger charge is 2.16. The molecule has 1 aromatic rings. The molecule has 0 fully saturated rings. The van der Waals surface area contributed by atoms with E-state index in [0.717, 1.165) is 0 Å². The van der Waals surface area contributed by atoms with Gasteiger partial charge in [0.15, 0.2) is 0 Å². The summed E-state index contributed by atoms with van der Waals surface area (Å²) in [6, 6.07) is 1.02. The van der Waals surface area contributed by atoms with Crippen LogP contribution in [0.4, 0.5) is 0 Å². The van der Waals surface area contributed by atoms with Crippen molar-refractivity contribution in [3.63, 3.8) is 0 Å². The minimum atomic E-state index is 0.378. The van der Waals surface area contributed by atoms with Crippen molar-refractivity contribution in [1.82, 2.24) is 10.3 Å². The summed E-state index contributed by atoms with van der Waals surface area (Å²) in [5.41, 5.74) is 1.25. The van der Waals surface area contributed by atoms with Crippen molar-refractivity contribution in [2.24, 2.45) is 0 Å². The number of aromatic nitrogens is 1. The summed E-state index contributed by atoms with van der Waals surface area (Å²) in [7, 11) is 0. The van der Waals surface area contributed by atoms with Gasteiger partial charge in [-0.2, -0.15) is 0 Å². The van der Waals surface area contributed by atoms with Gasteiger partial charge < -0.3 is 5.32 Å². The number of nitrogens with one attached hydrogen (secondary N) is 1. The van der Waals surface area contributed by atoms with Crippen LogP contribution in [0.1, 0.15) is 74.5 Å². The Morgan fingerprint density at radius 1 is 1.17 bits per heavy atom. The van der Waals surface area contributed by atoms with Crippen LogP contribution in [0, 0.1) is 13.8 Å². The molecule has 1 heterocycles. The quantitative estimate of drug-likeness (QED) is 0.734. The zero-order chi connectivity index (χ0) is 13.5. The molecule has 1 aromatic heterocycles. The monoisotopic (exact) mass is 268 g/mol. The van der Waals surface area contributed by atoms with Crippen molar-refractivity contribution >= 4 is 11.3 Å². The van der Waals surface area contributed by atoms with Crippen LogP contribution in [0.15, 0.2) is 0 Å². The maximum atomic E-state index is 4.66. The average Bonchev–Trinajstić information content (AvgIpc) is 2.65. The zero-order valence-corrected chi connectivity index (χ0v) is 13.4. The number of unbranched alkanes of at least 4 members (excludes halogenated alkanes) is 1. The van der Waals surface area contributed by atoms with Crippen LogP contribution < -0.4 is 5.32 Å². The molecule has 0 amide bonds. The molecule has 104 valence electrons. The fourth-order valence-electron chi connectivity index (χ4n) is 2.49. The van der Waals surface area contributed by atoms with E-state index >= 15 is 0 Å². The van der Waals surface area contributed by atoms with Crippen LogP contribution in [-0.4, -0.2) is 11.0 Å². The molecule has 0 aliphatic heterocycles. The van der Waals surface area contributed by atoms with Gasteiger partial charge in [-0.15, -0.1) is 11.3 Å². The first-order valence-corrected chi connectivity index (χ1v) is 8.10. The molecule has 0 aliphatic carbocycles. The van der Waals surface area contributed by atoms with Crippen molar-refractivity contribution in [3.8, 4) is 0 Å². The van der Waals surface area contributed by atoms with Crippen molar-refractivity contribution in [2.75, 3.05) is 0 Å². The van der Waals surface area contributed by atoms with Gasteiger partial charge in [0.05, 0.1) is 10.7 Å². The van der Waals surface area contributed by atoms with Gasteiger partial charge in [0.25, 0.3) is 0 Å². The lowest BCUT2D eigenvalue weighted by molar-refractivity contribution is 0.392. The first-order chi connectivity index (χ1) is 8.58. The Bertz CT molecular complexity index is 346. The minimum Gasteiger partial charge on any atom is -0.306 e. The summed E-state index contributed by atoms with van der Waals surface area (Å²) >= 11 is 1.80. The van der Waals surface area contributed by atoms with Gasteiger partial charge in [-0.25, -0.2) is 4.98 Å². The van der Waals surface area contributed by atoms with E-state index < -0.39 is 0 Å². The van der Waals surface area contributed by atoms with E-state index in [0.29, 0.717) is 12.1 Å². The molecule has 0 spiro atoms. The second kappa shape index (κ2) is 7.90. The van der Waals surface area contributed by atoms with E-state index in [1.807, 2.05) is 0 Å². The van der Waals surface area contributed by atoms with Crippen LogP contribution in [0.25, 0.3) is 0 Å². The molecule has 0 radical (unpaired) electrons. The molecule has 1 rings (SSSR count). The van der Waals surface area contributed by atoms with Crippen molar-refractivity contribution in [3.05, 3.63) is 15.6 Å². The molecular formula is C15H28N2S. The first-order valence-electron chi connectivity index (χ1n) is 7.28. The fourth-order valence-corrected chi connectivity index (χ4v) is 3.40. The Kier molecular flexibility index (Phi) is 6.87. The second-order valence-corrected chi connectivity index (χ2v) is 6.60. The number of aryl methyl sites for hydroxylation is 2. The van der Waals surface area contributed by atoms with Gasteiger partial charge in [-0.3, -0.25) is 0 Å². The highest BCUT2D eigenvalue weighted by molar-refractivity contribution is 7.11. The number of hydrogen-bond donors (Lipinski definition) is 1. The summed E-state index contributed by atoms with van der Waals surface area (Å²) in [6.45, 7) is 11.0. The number of hydrogen-bond acceptors (Lipinski definition) is 3. The lowest BCUT2D eigenvalue weighted by Gasteiger charge is -2.22. The van der Waals surface area contributed by atoms with Crippen molar-refractivity contribution < 1.29 is 0 Å². The largest absolute Gasteiger partial charge is 0.306 e. The fraction of sp³-hybridized carbons (Fsp3) is 0.800. The predicted molar refractivity (Wildman–Crippen MR) is 81.4 cm³/mol. The molecule has 0 saturated heterocycles. The Hall–Kier alpha value is -0.410. The van der Waals surface area contributed by atoms with Gasteiger partial charge >= 0.3 is 0 Å². The molecule has 0 aliphatic rings. The van der Waals surface area contributed by atoms with Crippen LogP contribution in [-0.2, 0) is 0 Å². The normalized spacial score (nSPS) is 14.7. The Morgan fingerprint density at radius 3 is 2.39 bits per heavy atom. The summed E-state index contributed by atoms with van der Waals surface area (Å²) in [5.74, 6) is 0. The lowest BCUT2D eigenvalue weighted by atomic mass is 10.0. The Balaban J connectivity index is 2.59. The van der Waals surface area contributed by atoms with Gasteiger partial charge in [0.1, 0.15) is 0 Å². The van der Waals surface area contributed by atoms with Crippen LogP contribution >= 0.6 is 11.3 Å². The standard InChI is InChI=1S/C15H28N2S/c1-6-8-10-14(9-7-2)16-11(3)15-12(4)18-13(5)17-15/h11,14,16H,6-10H2,1-5H3. The van der Waals surface area contributed by atoms with Crippen LogP contribution in [0.3, 0.4) is 0 Å². The summed E-state index contributed by atoms with van der Waals surface area (Å²) in [6.07, 6.45) is 6.41. The van der Waals surface area contributed by atoms with Gasteiger partial charge in [-0.05, 0) is 33.6 Å². The van der Waals surface area contributed by atoms with Gasteiger partial charge in [0, 0.05) is 17.0 Å². The van der Waals surface area contributed by atoms with Crippen molar-refractivity contribution in [2.45, 2.75) is 78.8 Å². The lowest BCUT2D eigenvalue weighted by Crippen LogP contribution is -2.32. The van der Waals surface area contributed by atoms with E-state index in [1.165, 1.54) is 47.7 Å². The molecule has 0 bridgehead atoms. The molecule has 0 saturated carbocycles. The third-order valence-electron chi connectivity index (χ3n) is 3.38. The zero-order valence-electron chi connectivity index (χ0n) is 12.5. The number of rotatable bonds is 8. The summed E-state index contributed by atoms with van der Waals surface area (Å²) in [4.78, 5) is 6.02. The number of thiazole rings is 1. The molecular weight excluding hydrogens is 240 g/mol. The van der Waals surface area contributed by atoms with E-state index in [9.17, 15) is 0 Å². The van der Waals surface area contributed by atoms with Crippen LogP contribution in [0.5, 0.6) is 0 Å². The molecule has 1 N–H and O–H groups in total. The summed E-state index contributed by atoms with van der Waals surface area (Å²) in [5, 5.41) is 4.94. The Morgan fingerprint density at radius 2 is 1.89 bits per heavy atom. The molecule has 0 aromatic carbocycles. The van der Waals surface area contributed by atoms with E-state index in [-0.39, 0.29) is 0 Å². The van der Waals surface area contributed by atoms with Crippen molar-refractivity contribution in [1.29, 1.82) is 0 Å². The SMILES string of the molecule is CCCCC(CCC)NC(C)c1nc(C)sc1C. The molecule has 2 nitrogen and oxygen atoms in total. The Labute approximate surface area is 116 Å². The minimum absolute atomic E-state index is 0.378. The summed E-state index contributed by atoms with van der Waals surface area (Å²) < 4.78 is 0. The van der Waals surface area contributed by atoms with Crippen LogP contribution in [0.2, 0.25) is 0 Å². The third kappa shape index (κ3) is 4.69. The third-order valence-corrected chi connectivity index (χ3v) is 4.28. The van der Waals surface area contributed by atoms with Gasteiger partial charge in [0.2, 0.25) is 0 Å². The molecule has 2 atom stereocenters. The molecule has 18 heavy (non-hydrogen) atoms. The highest BCUT2D eigenvalue weighted by atomic mass is 32.1. The van der Waals surface area contributed by atoms with E-state index in [4.69, 9.17) is 0 Å². The molecule has 2 unspecified atom stereocenters. The maximum Gasteiger partial charge on any atom is 0.0900 e. The first kappa shape index (κ1) is 15.6. The predicted octanol–water partition coefficient (Wildman–Crippen LogP) is 4.77. The number of nitrogens with zero attached hydrogens (tertiary/aromatic N) is 1. The maximum absolute atomic E-state index is 4.66. The topological polar surface area (TPSA) is 24.9 Å². The smallest absolute Gasteiger partial charge is 0.0900 e. The molecule has 3 heteroatoms. The van der Waals surface area contributed by atoms with E-state index in [1.54, 1.807) is 11.3 Å². The van der Waals surface area contributed by atoms with E-state index in [2.05, 4.69) is 44.9 Å². The highest BCUT2D eigenvalue weighted by Crippen LogP contribution is 2.23. The van der Waals surface area contributed by atoms with Gasteiger partial charge in [-0.1, -0.05) is 33.1 Å². The second-order valence-electron chi connectivity index (χ2n) is 5.19. The average molecular weight is 268 g/mol.